The Balaban J connectivity index is 0.000000338. The van der Waals surface area contributed by atoms with E-state index in [-0.39, 0.29) is 11.9 Å². The first-order valence-corrected chi connectivity index (χ1v) is 14.3. The number of nitrogens with zero attached hydrogens (tertiary/aromatic N) is 5. The minimum Gasteiger partial charge on any atom is -0.475 e. The first-order valence-electron chi connectivity index (χ1n) is 14.3. The van der Waals surface area contributed by atoms with E-state index in [0.29, 0.717) is 0 Å². The molecule has 2 saturated heterocycles. The zero-order valence-electron chi connectivity index (χ0n) is 25.9. The number of hydrogen-bond donors (Lipinski definition) is 3. The van der Waals surface area contributed by atoms with Gasteiger partial charge in [0.15, 0.2) is 0 Å². The van der Waals surface area contributed by atoms with Gasteiger partial charge in [0.05, 0.1) is 11.7 Å². The maximum absolute atomic E-state index is 13.2. The van der Waals surface area contributed by atoms with Crippen LogP contribution in [0.3, 0.4) is 0 Å². The fraction of sp³-hybridized carbons (Fsp3) is 0.448. The smallest absolute Gasteiger partial charge is 0.475 e. The number of benzene rings is 1. The Labute approximate surface area is 276 Å². The molecule has 3 N–H and O–H groups in total. The number of carboxylic acid groups (broad SMARTS) is 3. The lowest BCUT2D eigenvalue weighted by atomic mass is 10.1. The third-order valence-corrected chi connectivity index (χ3v) is 7.04. The van der Waals surface area contributed by atoms with Gasteiger partial charge >= 0.3 is 36.4 Å². The number of pyridine rings is 1. The van der Waals surface area contributed by atoms with Crippen LogP contribution in [0.25, 0.3) is 5.65 Å². The van der Waals surface area contributed by atoms with Crippen molar-refractivity contribution in [3.63, 3.8) is 0 Å². The van der Waals surface area contributed by atoms with Crippen LogP contribution >= 0.6 is 0 Å². The molecule has 2 aromatic heterocycles. The van der Waals surface area contributed by atoms with E-state index in [1.54, 1.807) is 12.1 Å². The SMILES string of the molecule is CN1CCN(Cc2ccc(F)cc2)CC1c1cn2c(N3CCCC3)cccc2n1.O=C(O)C(F)(F)F.O=C(O)C(F)(F)F.O=C(O)C(F)(F)F. The molecule has 2 fully saturated rings. The van der Waals surface area contributed by atoms with Gasteiger partial charge in [-0.2, -0.15) is 39.5 Å². The maximum atomic E-state index is 13.2. The molecule has 11 nitrogen and oxygen atoms in total. The summed E-state index contributed by atoms with van der Waals surface area (Å²) in [6.07, 6.45) is -10.5. The quantitative estimate of drug-likeness (QED) is 0.296. The summed E-state index contributed by atoms with van der Waals surface area (Å²) < 4.78 is 111. The van der Waals surface area contributed by atoms with Crippen molar-refractivity contribution in [3.05, 3.63) is 65.7 Å². The monoisotopic (exact) mass is 735 g/mol. The van der Waals surface area contributed by atoms with Gasteiger partial charge in [-0.25, -0.2) is 23.8 Å². The fourth-order valence-corrected chi connectivity index (χ4v) is 4.62. The number of imidazole rings is 1. The summed E-state index contributed by atoms with van der Waals surface area (Å²) in [5, 5.41) is 21.4. The zero-order chi connectivity index (χ0) is 38.0. The normalized spacial score (nSPS) is 17.1. The first kappa shape index (κ1) is 41.5. The number of aromatic nitrogens is 2. The number of piperazine rings is 1. The van der Waals surface area contributed by atoms with Crippen LogP contribution in [-0.4, -0.2) is 111 Å². The number of anilines is 1. The second-order valence-electron chi connectivity index (χ2n) is 10.7. The van der Waals surface area contributed by atoms with E-state index >= 15 is 0 Å². The Bertz CT molecular complexity index is 1520. The average Bonchev–Trinajstić information content (AvgIpc) is 3.69. The number of halogens is 10. The maximum Gasteiger partial charge on any atom is 0.490 e. The summed E-state index contributed by atoms with van der Waals surface area (Å²) in [5.74, 6) is -7.20. The van der Waals surface area contributed by atoms with Crippen molar-refractivity contribution in [1.82, 2.24) is 19.2 Å². The Morgan fingerprint density at radius 1 is 0.760 bits per heavy atom. The molecule has 2 aliphatic rings. The van der Waals surface area contributed by atoms with Gasteiger partial charge in [-0.05, 0) is 49.7 Å². The van der Waals surface area contributed by atoms with Gasteiger partial charge in [-0.1, -0.05) is 18.2 Å². The Morgan fingerprint density at radius 3 is 1.70 bits per heavy atom. The number of fused-ring (bicyclic) bond motifs is 1. The fourth-order valence-electron chi connectivity index (χ4n) is 4.62. The van der Waals surface area contributed by atoms with Crippen LogP contribution in [0.4, 0.5) is 49.7 Å². The molecule has 278 valence electrons. The van der Waals surface area contributed by atoms with Crippen molar-refractivity contribution in [2.45, 2.75) is 44.0 Å². The molecular weight excluding hydrogens is 704 g/mol. The van der Waals surface area contributed by atoms with E-state index in [1.807, 2.05) is 12.1 Å². The molecule has 0 spiro atoms. The number of likely N-dealkylation sites (N-methyl/N-ethyl adjacent to an activating group) is 1. The predicted octanol–water partition coefficient (Wildman–Crippen LogP) is 5.46. The highest BCUT2D eigenvalue weighted by Crippen LogP contribution is 2.28. The van der Waals surface area contributed by atoms with Crippen molar-refractivity contribution in [2.75, 3.05) is 44.7 Å². The number of alkyl halides is 9. The number of hydrogen-bond acceptors (Lipinski definition) is 7. The van der Waals surface area contributed by atoms with Gasteiger partial charge in [-0.15, -0.1) is 0 Å². The molecule has 1 unspecified atom stereocenters. The summed E-state index contributed by atoms with van der Waals surface area (Å²) in [4.78, 5) is 39.0. The van der Waals surface area contributed by atoms with Gasteiger partial charge in [0.1, 0.15) is 17.3 Å². The third-order valence-electron chi connectivity index (χ3n) is 7.04. The highest BCUT2D eigenvalue weighted by atomic mass is 19.4. The molecule has 0 saturated carbocycles. The van der Waals surface area contributed by atoms with Crippen LogP contribution in [0.15, 0.2) is 48.7 Å². The van der Waals surface area contributed by atoms with Gasteiger partial charge in [0.25, 0.3) is 0 Å². The summed E-state index contributed by atoms with van der Waals surface area (Å²) in [5.41, 5.74) is 3.30. The second-order valence-corrected chi connectivity index (χ2v) is 10.7. The van der Waals surface area contributed by atoms with E-state index in [9.17, 15) is 43.9 Å². The van der Waals surface area contributed by atoms with E-state index in [4.69, 9.17) is 34.7 Å². The standard InChI is InChI=1S/C23H28FN5.3C2HF3O2/c1-26-13-14-27(15-18-7-9-19(24)10-8-18)17-21(26)20-16-29-22(25-20)5-4-6-23(29)28-11-2-3-12-28;3*3-2(4,5)1(6)7/h4-10,16,21H,2-3,11-15,17H2,1H3;3*(H,6,7). The summed E-state index contributed by atoms with van der Waals surface area (Å²) in [6, 6.07) is 13.5. The van der Waals surface area contributed by atoms with E-state index in [0.717, 1.165) is 56.2 Å². The minimum absolute atomic E-state index is 0.177. The van der Waals surface area contributed by atoms with Gasteiger partial charge < -0.3 is 20.2 Å². The molecule has 0 amide bonds. The highest BCUT2D eigenvalue weighted by molar-refractivity contribution is 5.73. The largest absolute Gasteiger partial charge is 0.490 e. The summed E-state index contributed by atoms with van der Waals surface area (Å²) in [6.45, 7) is 6.03. The average molecular weight is 736 g/mol. The van der Waals surface area contributed by atoms with Crippen LogP contribution in [0.2, 0.25) is 0 Å². The summed E-state index contributed by atoms with van der Waals surface area (Å²) in [7, 11) is 2.19. The molecule has 0 radical (unpaired) electrons. The molecule has 1 aromatic carbocycles. The van der Waals surface area contributed by atoms with E-state index in [2.05, 4.69) is 50.5 Å². The molecular formula is C29H31F10N5O6. The van der Waals surface area contributed by atoms with Gasteiger partial charge in [0.2, 0.25) is 0 Å². The van der Waals surface area contributed by atoms with Crippen molar-refractivity contribution >= 4 is 29.4 Å². The summed E-state index contributed by atoms with van der Waals surface area (Å²) >= 11 is 0. The topological polar surface area (TPSA) is 139 Å². The second kappa shape index (κ2) is 17.3. The molecule has 1 atom stereocenters. The number of rotatable bonds is 4. The lowest BCUT2D eigenvalue weighted by molar-refractivity contribution is -0.193. The zero-order valence-corrected chi connectivity index (χ0v) is 25.9. The van der Waals surface area contributed by atoms with E-state index < -0.39 is 36.4 Å². The molecule has 50 heavy (non-hydrogen) atoms. The van der Waals surface area contributed by atoms with Crippen molar-refractivity contribution < 1.29 is 73.6 Å². The Kier molecular flexibility index (Phi) is 14.4. The lowest BCUT2D eigenvalue weighted by Crippen LogP contribution is -2.46. The van der Waals surface area contributed by atoms with Crippen LogP contribution in [-0.2, 0) is 20.9 Å². The van der Waals surface area contributed by atoms with Gasteiger partial charge in [-0.3, -0.25) is 14.2 Å². The molecule has 5 rings (SSSR count). The lowest BCUT2D eigenvalue weighted by Gasteiger charge is -2.38. The van der Waals surface area contributed by atoms with Crippen LogP contribution in [0, 0.1) is 5.82 Å². The third kappa shape index (κ3) is 13.0. The van der Waals surface area contributed by atoms with Crippen LogP contribution in [0.1, 0.15) is 30.1 Å². The first-order chi connectivity index (χ1) is 23.0. The Hall–Kier alpha value is -4.66. The highest BCUT2D eigenvalue weighted by Gasteiger charge is 2.39. The number of aliphatic carboxylic acids is 3. The van der Waals surface area contributed by atoms with Crippen molar-refractivity contribution in [1.29, 1.82) is 0 Å². The number of carboxylic acids is 3. The Morgan fingerprint density at radius 2 is 1.24 bits per heavy atom. The van der Waals surface area contributed by atoms with Crippen molar-refractivity contribution in [2.24, 2.45) is 0 Å². The van der Waals surface area contributed by atoms with Crippen molar-refractivity contribution in [3.8, 4) is 0 Å². The number of carbonyl (C=O) groups is 3. The molecule has 0 aliphatic carbocycles. The molecule has 21 heteroatoms. The molecule has 2 aliphatic heterocycles. The van der Waals surface area contributed by atoms with Crippen LogP contribution in [0.5, 0.6) is 0 Å². The molecule has 4 heterocycles. The van der Waals surface area contributed by atoms with Crippen LogP contribution < -0.4 is 4.90 Å². The molecule has 0 bridgehead atoms. The molecule has 3 aromatic rings. The van der Waals surface area contributed by atoms with E-state index in [1.165, 1.54) is 18.7 Å². The predicted molar refractivity (Wildman–Crippen MR) is 155 cm³/mol. The van der Waals surface area contributed by atoms with Gasteiger partial charge in [0, 0.05) is 45.5 Å². The minimum atomic E-state index is -5.08.